The molecule has 0 bridgehead atoms. The van der Waals surface area contributed by atoms with Crippen LogP contribution < -0.4 is 5.32 Å². The lowest BCUT2D eigenvalue weighted by atomic mass is 10.3. The number of rotatable bonds is 5. The summed E-state index contributed by atoms with van der Waals surface area (Å²) in [5.74, 6) is 1.10. The van der Waals surface area contributed by atoms with Crippen molar-refractivity contribution < 1.29 is 4.79 Å². The van der Waals surface area contributed by atoms with Crippen LogP contribution in [-0.2, 0) is 11.8 Å². The van der Waals surface area contributed by atoms with Crippen LogP contribution in [0.15, 0.2) is 34.3 Å². The van der Waals surface area contributed by atoms with Crippen LogP contribution in [0.1, 0.15) is 5.82 Å². The monoisotopic (exact) mass is 308 g/mol. The Morgan fingerprint density at radius 1 is 1.35 bits per heavy atom. The van der Waals surface area contributed by atoms with Gasteiger partial charge in [0.25, 0.3) is 0 Å². The summed E-state index contributed by atoms with van der Waals surface area (Å²) in [7, 11) is 1.89. The fourth-order valence-corrected chi connectivity index (χ4v) is 2.89. The first kappa shape index (κ1) is 14.9. The van der Waals surface area contributed by atoms with E-state index in [0.717, 1.165) is 21.6 Å². The van der Waals surface area contributed by atoms with Crippen LogP contribution in [0.3, 0.4) is 0 Å². The fourth-order valence-electron chi connectivity index (χ4n) is 1.58. The van der Waals surface area contributed by atoms with Gasteiger partial charge in [-0.2, -0.15) is 0 Å². The zero-order chi connectivity index (χ0) is 14.5. The van der Waals surface area contributed by atoms with E-state index in [1.165, 1.54) is 11.8 Å². The van der Waals surface area contributed by atoms with E-state index in [9.17, 15) is 4.79 Å². The topological polar surface area (TPSA) is 59.8 Å². The Morgan fingerprint density at radius 3 is 2.75 bits per heavy atom. The van der Waals surface area contributed by atoms with Gasteiger partial charge in [-0.15, -0.1) is 22.0 Å². The number of benzene rings is 1. The minimum absolute atomic E-state index is 0.0443. The van der Waals surface area contributed by atoms with Crippen molar-refractivity contribution in [3.05, 3.63) is 30.1 Å². The van der Waals surface area contributed by atoms with E-state index in [4.69, 9.17) is 0 Å². The van der Waals surface area contributed by atoms with E-state index in [0.29, 0.717) is 5.75 Å². The Kier molecular flexibility index (Phi) is 5.08. The zero-order valence-corrected chi connectivity index (χ0v) is 13.2. The maximum atomic E-state index is 12.0. The highest BCUT2D eigenvalue weighted by atomic mass is 32.2. The van der Waals surface area contributed by atoms with Crippen LogP contribution in [-0.4, -0.2) is 32.7 Å². The highest BCUT2D eigenvalue weighted by molar-refractivity contribution is 7.99. The Balaban J connectivity index is 1.94. The molecule has 1 aromatic carbocycles. The van der Waals surface area contributed by atoms with Gasteiger partial charge in [0.1, 0.15) is 5.82 Å². The number of aromatic nitrogens is 3. The predicted molar refractivity (Wildman–Crippen MR) is 83.3 cm³/mol. The zero-order valence-electron chi connectivity index (χ0n) is 11.6. The average molecular weight is 308 g/mol. The maximum absolute atomic E-state index is 12.0. The predicted octanol–water partition coefficient (Wildman–Crippen LogP) is 2.58. The molecular formula is C13H16N4OS2. The molecule has 1 aromatic heterocycles. The Labute approximate surface area is 126 Å². The van der Waals surface area contributed by atoms with E-state index in [-0.39, 0.29) is 5.91 Å². The van der Waals surface area contributed by atoms with Gasteiger partial charge in [-0.1, -0.05) is 23.9 Å². The van der Waals surface area contributed by atoms with Gasteiger partial charge in [-0.05, 0) is 25.3 Å². The third-order valence-corrected chi connectivity index (χ3v) is 4.58. The quantitative estimate of drug-likeness (QED) is 0.860. The summed E-state index contributed by atoms with van der Waals surface area (Å²) in [5, 5.41) is 11.6. The summed E-state index contributed by atoms with van der Waals surface area (Å²) < 4.78 is 1.87. The van der Waals surface area contributed by atoms with Crippen molar-refractivity contribution in [3.63, 3.8) is 0 Å². The van der Waals surface area contributed by atoms with Crippen molar-refractivity contribution in [1.29, 1.82) is 0 Å². The molecule has 0 unspecified atom stereocenters. The number of nitrogens with zero attached hydrogens (tertiary/aromatic N) is 3. The number of hydrogen-bond donors (Lipinski definition) is 1. The lowest BCUT2D eigenvalue weighted by Gasteiger charge is -2.08. The maximum Gasteiger partial charge on any atom is 0.234 e. The molecule has 1 amide bonds. The standard InChI is InChI=1S/C13H16N4OS2/c1-9-15-16-13(17(9)2)20-8-12(18)14-10-6-4-5-7-11(10)19-3/h4-7H,8H2,1-3H3,(H,14,18). The van der Waals surface area contributed by atoms with Gasteiger partial charge in [0.15, 0.2) is 5.16 Å². The number of para-hydroxylation sites is 1. The molecule has 0 fully saturated rings. The summed E-state index contributed by atoms with van der Waals surface area (Å²) in [5.41, 5.74) is 0.847. The van der Waals surface area contributed by atoms with Crippen LogP contribution in [0.5, 0.6) is 0 Å². The molecular weight excluding hydrogens is 292 g/mol. The molecule has 0 atom stereocenters. The van der Waals surface area contributed by atoms with Gasteiger partial charge in [0, 0.05) is 11.9 Å². The van der Waals surface area contributed by atoms with Crippen molar-refractivity contribution in [3.8, 4) is 0 Å². The molecule has 0 saturated carbocycles. The number of hydrogen-bond acceptors (Lipinski definition) is 5. The molecule has 2 aromatic rings. The van der Waals surface area contributed by atoms with Crippen LogP contribution >= 0.6 is 23.5 Å². The highest BCUT2D eigenvalue weighted by Gasteiger charge is 2.10. The van der Waals surface area contributed by atoms with Gasteiger partial charge in [-0.3, -0.25) is 4.79 Å². The highest BCUT2D eigenvalue weighted by Crippen LogP contribution is 2.25. The SMILES string of the molecule is CSc1ccccc1NC(=O)CSc1nnc(C)n1C. The number of thioether (sulfide) groups is 2. The van der Waals surface area contributed by atoms with Crippen LogP contribution in [0, 0.1) is 6.92 Å². The molecule has 0 radical (unpaired) electrons. The number of carbonyl (C=O) groups excluding carboxylic acids is 1. The summed E-state index contributed by atoms with van der Waals surface area (Å²) in [6.07, 6.45) is 1.99. The van der Waals surface area contributed by atoms with Crippen LogP contribution in [0.25, 0.3) is 0 Å². The molecule has 1 heterocycles. The normalized spacial score (nSPS) is 10.6. The molecule has 106 valence electrons. The molecule has 5 nitrogen and oxygen atoms in total. The van der Waals surface area contributed by atoms with E-state index in [1.807, 2.05) is 49.1 Å². The van der Waals surface area contributed by atoms with E-state index < -0.39 is 0 Å². The second-order valence-corrected chi connectivity index (χ2v) is 5.92. The minimum Gasteiger partial charge on any atom is -0.324 e. The smallest absolute Gasteiger partial charge is 0.234 e. The lowest BCUT2D eigenvalue weighted by Crippen LogP contribution is -2.15. The largest absolute Gasteiger partial charge is 0.324 e. The third-order valence-electron chi connectivity index (χ3n) is 2.77. The molecule has 0 aliphatic heterocycles. The number of anilines is 1. The minimum atomic E-state index is -0.0443. The van der Waals surface area contributed by atoms with Crippen LogP contribution in [0.2, 0.25) is 0 Å². The molecule has 20 heavy (non-hydrogen) atoms. The molecule has 0 aliphatic rings. The summed E-state index contributed by atoms with van der Waals surface area (Å²) in [6.45, 7) is 1.88. The molecule has 1 N–H and O–H groups in total. The van der Waals surface area contributed by atoms with E-state index >= 15 is 0 Å². The second kappa shape index (κ2) is 6.81. The number of nitrogens with one attached hydrogen (secondary N) is 1. The van der Waals surface area contributed by atoms with Crippen molar-refractivity contribution in [1.82, 2.24) is 14.8 Å². The molecule has 7 heteroatoms. The first-order valence-electron chi connectivity index (χ1n) is 6.03. The second-order valence-electron chi connectivity index (χ2n) is 4.13. The van der Waals surface area contributed by atoms with Gasteiger partial charge >= 0.3 is 0 Å². The first-order valence-corrected chi connectivity index (χ1v) is 8.24. The number of carbonyl (C=O) groups is 1. The number of amides is 1. The molecule has 2 rings (SSSR count). The van der Waals surface area contributed by atoms with Crippen molar-refractivity contribution in [2.45, 2.75) is 17.0 Å². The van der Waals surface area contributed by atoms with Gasteiger partial charge < -0.3 is 9.88 Å². The van der Waals surface area contributed by atoms with Crippen molar-refractivity contribution in [2.75, 3.05) is 17.3 Å². The molecule has 0 aliphatic carbocycles. The molecule has 0 saturated heterocycles. The Morgan fingerprint density at radius 2 is 2.10 bits per heavy atom. The summed E-state index contributed by atoms with van der Waals surface area (Å²) in [4.78, 5) is 13.0. The summed E-state index contributed by atoms with van der Waals surface area (Å²) in [6, 6.07) is 7.76. The van der Waals surface area contributed by atoms with Gasteiger partial charge in [0.05, 0.1) is 11.4 Å². The summed E-state index contributed by atoms with van der Waals surface area (Å²) >= 11 is 2.99. The van der Waals surface area contributed by atoms with E-state index in [1.54, 1.807) is 11.8 Å². The van der Waals surface area contributed by atoms with Crippen molar-refractivity contribution in [2.24, 2.45) is 7.05 Å². The van der Waals surface area contributed by atoms with Crippen molar-refractivity contribution >= 4 is 35.1 Å². The van der Waals surface area contributed by atoms with E-state index in [2.05, 4.69) is 15.5 Å². The van der Waals surface area contributed by atoms with Gasteiger partial charge in [-0.25, -0.2) is 0 Å². The third kappa shape index (κ3) is 3.55. The Bertz CT molecular complexity index is 612. The molecule has 0 spiro atoms. The number of aryl methyl sites for hydroxylation is 1. The van der Waals surface area contributed by atoms with Crippen LogP contribution in [0.4, 0.5) is 5.69 Å². The fraction of sp³-hybridized carbons (Fsp3) is 0.308. The lowest BCUT2D eigenvalue weighted by molar-refractivity contribution is -0.113. The average Bonchev–Trinajstić information content (AvgIpc) is 2.77. The first-order chi connectivity index (χ1) is 9.61. The Hall–Kier alpha value is -1.47. The van der Waals surface area contributed by atoms with Gasteiger partial charge in [0.2, 0.25) is 5.91 Å².